The molecule has 3 fully saturated rings. The number of piperidine rings is 2. The highest BCUT2D eigenvalue weighted by Gasteiger charge is 2.41. The summed E-state index contributed by atoms with van der Waals surface area (Å²) in [6.07, 6.45) is 7.11. The van der Waals surface area contributed by atoms with E-state index in [1.54, 1.807) is 4.90 Å². The van der Waals surface area contributed by atoms with Crippen molar-refractivity contribution in [3.8, 4) is 11.5 Å². The Bertz CT molecular complexity index is 2120. The van der Waals surface area contributed by atoms with Gasteiger partial charge in [0.05, 0.1) is 0 Å². The van der Waals surface area contributed by atoms with Crippen LogP contribution in [0.2, 0.25) is 0 Å². The molecule has 3 heterocycles. The van der Waals surface area contributed by atoms with Crippen LogP contribution in [0.4, 0.5) is 5.69 Å². The van der Waals surface area contributed by atoms with Gasteiger partial charge in [-0.05, 0) is 128 Å². The van der Waals surface area contributed by atoms with E-state index in [9.17, 15) is 19.5 Å². The maximum atomic E-state index is 13.1. The number of anilines is 1. The van der Waals surface area contributed by atoms with Gasteiger partial charge in [-0.2, -0.15) is 0 Å². The minimum atomic E-state index is -0.614. The number of phenolic OH excluding ortho intramolecular Hbond substituents is 1. The SMILES string of the molecule is CC(C)N(CC1CCN(c2ccc(C3c4ccc(O)cc4CCC3c3ccccc3)cc2)CC1)C1CC(Oc2ccc3c(c2)CN(C2CCC(=O)NC2=O)C3=O)C1. The molecule has 5 aliphatic rings. The molecule has 9 nitrogen and oxygen atoms in total. The standard InChI is InChI=1S/C48H54N4O5/c1-30(2)51(37-26-40(27-37)57-39-14-17-43-35(25-39)29-52(48(43)56)44-18-19-45(54)49-47(44)55)28-31-20-22-50(23-21-31)36-11-8-33(9-12-36)46-41(32-6-4-3-5-7-32)15-10-34-24-38(53)13-16-42(34)46/h3-9,11-14,16-17,24-25,30-31,37,40-41,44,46,53H,10,15,18-23,26-29H2,1-2H3,(H,49,54,55). The highest BCUT2D eigenvalue weighted by molar-refractivity contribution is 6.05. The highest BCUT2D eigenvalue weighted by Crippen LogP contribution is 2.47. The molecule has 3 atom stereocenters. The Morgan fingerprint density at radius 3 is 2.33 bits per heavy atom. The smallest absolute Gasteiger partial charge is 0.255 e. The number of amides is 3. The number of hydrogen-bond donors (Lipinski definition) is 2. The second-order valence-corrected chi connectivity index (χ2v) is 17.3. The van der Waals surface area contributed by atoms with E-state index >= 15 is 0 Å². The molecule has 57 heavy (non-hydrogen) atoms. The number of aryl methyl sites for hydroxylation is 1. The monoisotopic (exact) mass is 766 g/mol. The topological polar surface area (TPSA) is 102 Å². The molecule has 0 aromatic heterocycles. The molecule has 1 saturated carbocycles. The molecule has 9 heteroatoms. The number of ether oxygens (including phenoxy) is 1. The van der Waals surface area contributed by atoms with Crippen molar-refractivity contribution in [3.63, 3.8) is 0 Å². The molecule has 0 bridgehead atoms. The van der Waals surface area contributed by atoms with Crippen LogP contribution in [-0.2, 0) is 22.6 Å². The average Bonchev–Trinajstić information content (AvgIpc) is 3.53. The van der Waals surface area contributed by atoms with Crippen LogP contribution < -0.4 is 15.0 Å². The van der Waals surface area contributed by atoms with Crippen LogP contribution >= 0.6 is 0 Å². The minimum Gasteiger partial charge on any atom is -0.508 e. The summed E-state index contributed by atoms with van der Waals surface area (Å²) in [4.78, 5) is 44.1. The molecule has 2 saturated heterocycles. The number of nitrogens with zero attached hydrogens (tertiary/aromatic N) is 3. The van der Waals surface area contributed by atoms with Gasteiger partial charge in [-0.1, -0.05) is 48.5 Å². The van der Waals surface area contributed by atoms with Crippen molar-refractivity contribution >= 4 is 23.4 Å². The van der Waals surface area contributed by atoms with E-state index in [0.29, 0.717) is 48.2 Å². The predicted octanol–water partition coefficient (Wildman–Crippen LogP) is 7.55. The van der Waals surface area contributed by atoms with Crippen LogP contribution in [-0.4, -0.2) is 76.5 Å². The summed E-state index contributed by atoms with van der Waals surface area (Å²) in [5.74, 6) is 1.60. The summed E-state index contributed by atoms with van der Waals surface area (Å²) < 4.78 is 6.44. The Morgan fingerprint density at radius 1 is 0.825 bits per heavy atom. The minimum absolute atomic E-state index is 0.139. The first kappa shape index (κ1) is 37.4. The van der Waals surface area contributed by atoms with E-state index < -0.39 is 11.9 Å². The fraction of sp³-hybridized carbons (Fsp3) is 0.438. The molecule has 3 aliphatic heterocycles. The Labute approximate surface area is 336 Å². The summed E-state index contributed by atoms with van der Waals surface area (Å²) in [6, 6.07) is 32.2. The average molecular weight is 767 g/mol. The van der Waals surface area contributed by atoms with Gasteiger partial charge < -0.3 is 19.6 Å². The maximum Gasteiger partial charge on any atom is 0.255 e. The van der Waals surface area contributed by atoms with E-state index in [1.807, 2.05) is 30.3 Å². The molecule has 2 N–H and O–H groups in total. The van der Waals surface area contributed by atoms with Gasteiger partial charge in [-0.3, -0.25) is 24.6 Å². The van der Waals surface area contributed by atoms with Gasteiger partial charge in [-0.25, -0.2) is 0 Å². The third kappa shape index (κ3) is 7.54. The molecule has 3 amide bonds. The summed E-state index contributed by atoms with van der Waals surface area (Å²) in [5, 5.41) is 12.6. The Kier molecular flexibility index (Phi) is 10.3. The number of imide groups is 1. The quantitative estimate of drug-likeness (QED) is 0.161. The summed E-state index contributed by atoms with van der Waals surface area (Å²) in [6.45, 7) is 8.21. The lowest BCUT2D eigenvalue weighted by Gasteiger charge is -2.46. The zero-order chi connectivity index (χ0) is 39.2. The van der Waals surface area contributed by atoms with Crippen LogP contribution in [0.15, 0.2) is 91.0 Å². The lowest BCUT2D eigenvalue weighted by Crippen LogP contribution is -2.53. The Morgan fingerprint density at radius 2 is 1.60 bits per heavy atom. The second-order valence-electron chi connectivity index (χ2n) is 17.3. The molecule has 3 unspecified atom stereocenters. The number of fused-ring (bicyclic) bond motifs is 2. The van der Waals surface area contributed by atoms with Crippen LogP contribution in [0.5, 0.6) is 11.5 Å². The second kappa shape index (κ2) is 15.7. The third-order valence-corrected chi connectivity index (χ3v) is 13.5. The third-order valence-electron chi connectivity index (χ3n) is 13.5. The van der Waals surface area contributed by atoms with Crippen molar-refractivity contribution in [2.75, 3.05) is 24.5 Å². The Hall–Kier alpha value is -5.15. The number of nitrogens with one attached hydrogen (secondary N) is 1. The number of aromatic hydroxyl groups is 1. The lowest BCUT2D eigenvalue weighted by molar-refractivity contribution is -0.136. The molecule has 0 radical (unpaired) electrons. The van der Waals surface area contributed by atoms with Crippen molar-refractivity contribution in [3.05, 3.63) is 124 Å². The first-order chi connectivity index (χ1) is 27.7. The number of carbonyl (C=O) groups excluding carboxylic acids is 3. The molecule has 0 spiro atoms. The van der Waals surface area contributed by atoms with Crippen LogP contribution in [0.25, 0.3) is 0 Å². The van der Waals surface area contributed by atoms with Gasteiger partial charge in [0.25, 0.3) is 5.91 Å². The van der Waals surface area contributed by atoms with Crippen molar-refractivity contribution in [2.24, 2.45) is 5.92 Å². The molecule has 4 aromatic rings. The van der Waals surface area contributed by atoms with Crippen LogP contribution in [0.3, 0.4) is 0 Å². The summed E-state index contributed by atoms with van der Waals surface area (Å²) in [5.41, 5.74) is 8.10. The molecule has 9 rings (SSSR count). The number of benzene rings is 4. The van der Waals surface area contributed by atoms with E-state index in [4.69, 9.17) is 4.74 Å². The van der Waals surface area contributed by atoms with Gasteiger partial charge in [0.2, 0.25) is 11.8 Å². The van der Waals surface area contributed by atoms with Gasteiger partial charge in [0, 0.05) is 74.7 Å². The van der Waals surface area contributed by atoms with Gasteiger partial charge in [0.1, 0.15) is 23.6 Å². The molecular weight excluding hydrogens is 713 g/mol. The molecule has 296 valence electrons. The van der Waals surface area contributed by atoms with E-state index in [-0.39, 0.29) is 30.3 Å². The Balaban J connectivity index is 0.781. The fourth-order valence-electron chi connectivity index (χ4n) is 10.3. The van der Waals surface area contributed by atoms with Crippen LogP contribution in [0, 0.1) is 5.92 Å². The molecule has 2 aliphatic carbocycles. The van der Waals surface area contributed by atoms with Crippen molar-refractivity contribution in [2.45, 2.75) is 108 Å². The van der Waals surface area contributed by atoms with Gasteiger partial charge in [-0.15, -0.1) is 0 Å². The van der Waals surface area contributed by atoms with E-state index in [2.05, 4.69) is 89.6 Å². The number of rotatable bonds is 10. The normalized spacial score (nSPS) is 25.0. The lowest BCUT2D eigenvalue weighted by atomic mass is 9.69. The zero-order valence-electron chi connectivity index (χ0n) is 33.1. The molecular formula is C48H54N4O5. The predicted molar refractivity (Wildman–Crippen MR) is 221 cm³/mol. The zero-order valence-corrected chi connectivity index (χ0v) is 33.1. The van der Waals surface area contributed by atoms with Gasteiger partial charge >= 0.3 is 0 Å². The largest absolute Gasteiger partial charge is 0.508 e. The van der Waals surface area contributed by atoms with Crippen LogP contribution in [0.1, 0.15) is 109 Å². The first-order valence-corrected chi connectivity index (χ1v) is 21.1. The fourth-order valence-corrected chi connectivity index (χ4v) is 10.3. The first-order valence-electron chi connectivity index (χ1n) is 21.1. The maximum absolute atomic E-state index is 13.1. The molecule has 4 aromatic carbocycles. The number of hydrogen-bond acceptors (Lipinski definition) is 7. The van der Waals surface area contributed by atoms with Gasteiger partial charge in [0.15, 0.2) is 0 Å². The summed E-state index contributed by atoms with van der Waals surface area (Å²) in [7, 11) is 0. The van der Waals surface area contributed by atoms with E-state index in [1.165, 1.54) is 40.8 Å². The van der Waals surface area contributed by atoms with Crippen molar-refractivity contribution in [1.82, 2.24) is 15.1 Å². The van der Waals surface area contributed by atoms with Crippen molar-refractivity contribution < 1.29 is 24.2 Å². The van der Waals surface area contributed by atoms with E-state index in [0.717, 1.165) is 56.6 Å². The number of carbonyl (C=O) groups is 3. The van der Waals surface area contributed by atoms with Crippen molar-refractivity contribution in [1.29, 1.82) is 0 Å². The highest BCUT2D eigenvalue weighted by atomic mass is 16.5. The number of phenols is 1. The summed E-state index contributed by atoms with van der Waals surface area (Å²) >= 11 is 0.